The molecule has 0 aliphatic heterocycles. The standard InChI is InChI=1S/C14H25N3O2/c1-3-7-11(18-2)12-16-13(19-17-12)14(10-15)8-5-4-6-9-14/h11H,3-10,15H2,1-2H3. The third-order valence-electron chi connectivity index (χ3n) is 4.22. The SMILES string of the molecule is CCCC(OC)c1noc(C2(CN)CCCCC2)n1. The zero-order valence-electron chi connectivity index (χ0n) is 12.0. The second-order valence-electron chi connectivity index (χ2n) is 5.52. The van der Waals surface area contributed by atoms with E-state index in [9.17, 15) is 0 Å². The zero-order chi connectivity index (χ0) is 13.7. The summed E-state index contributed by atoms with van der Waals surface area (Å²) in [6, 6.07) is 0. The van der Waals surface area contributed by atoms with Gasteiger partial charge in [0.05, 0.1) is 5.41 Å². The van der Waals surface area contributed by atoms with Gasteiger partial charge in [-0.25, -0.2) is 0 Å². The summed E-state index contributed by atoms with van der Waals surface area (Å²) in [5.74, 6) is 1.38. The highest BCUT2D eigenvalue weighted by Crippen LogP contribution is 2.38. The molecule has 0 bridgehead atoms. The molecule has 108 valence electrons. The fourth-order valence-corrected chi connectivity index (χ4v) is 2.93. The first kappa shape index (κ1) is 14.5. The first-order valence-electron chi connectivity index (χ1n) is 7.32. The second kappa shape index (κ2) is 6.48. The number of rotatable bonds is 6. The molecule has 0 radical (unpaired) electrons. The van der Waals surface area contributed by atoms with Gasteiger partial charge in [0.2, 0.25) is 11.7 Å². The summed E-state index contributed by atoms with van der Waals surface area (Å²) in [5, 5.41) is 4.11. The number of hydrogen-bond acceptors (Lipinski definition) is 5. The molecule has 1 aliphatic rings. The van der Waals surface area contributed by atoms with Gasteiger partial charge in [-0.1, -0.05) is 37.8 Å². The van der Waals surface area contributed by atoms with E-state index < -0.39 is 0 Å². The van der Waals surface area contributed by atoms with Crippen molar-refractivity contribution in [1.29, 1.82) is 0 Å². The van der Waals surface area contributed by atoms with Crippen LogP contribution in [0.15, 0.2) is 4.52 Å². The fourth-order valence-electron chi connectivity index (χ4n) is 2.93. The summed E-state index contributed by atoms with van der Waals surface area (Å²) in [6.45, 7) is 2.70. The van der Waals surface area contributed by atoms with Crippen LogP contribution in [0.1, 0.15) is 69.7 Å². The van der Waals surface area contributed by atoms with Crippen LogP contribution in [0.4, 0.5) is 0 Å². The molecule has 1 aromatic heterocycles. The normalized spacial score (nSPS) is 20.4. The average Bonchev–Trinajstić information content (AvgIpc) is 2.95. The van der Waals surface area contributed by atoms with Crippen molar-refractivity contribution in [2.75, 3.05) is 13.7 Å². The number of hydrogen-bond donors (Lipinski definition) is 1. The van der Waals surface area contributed by atoms with E-state index in [4.69, 9.17) is 15.0 Å². The average molecular weight is 267 g/mol. The van der Waals surface area contributed by atoms with Gasteiger partial charge in [-0.05, 0) is 19.3 Å². The van der Waals surface area contributed by atoms with Crippen LogP contribution in [0.2, 0.25) is 0 Å². The monoisotopic (exact) mass is 267 g/mol. The van der Waals surface area contributed by atoms with Gasteiger partial charge in [-0.15, -0.1) is 0 Å². The highest BCUT2D eigenvalue weighted by molar-refractivity contribution is 5.08. The molecule has 1 unspecified atom stereocenters. The van der Waals surface area contributed by atoms with Gasteiger partial charge in [0.1, 0.15) is 6.10 Å². The van der Waals surface area contributed by atoms with Crippen LogP contribution in [-0.2, 0) is 10.2 Å². The number of ether oxygens (including phenoxy) is 1. The van der Waals surface area contributed by atoms with Crippen LogP contribution >= 0.6 is 0 Å². The molecular weight excluding hydrogens is 242 g/mol. The van der Waals surface area contributed by atoms with E-state index in [2.05, 4.69) is 17.1 Å². The van der Waals surface area contributed by atoms with Crippen LogP contribution < -0.4 is 5.73 Å². The van der Waals surface area contributed by atoms with Crippen LogP contribution in [-0.4, -0.2) is 23.8 Å². The van der Waals surface area contributed by atoms with Gasteiger partial charge < -0.3 is 15.0 Å². The second-order valence-corrected chi connectivity index (χ2v) is 5.52. The lowest BCUT2D eigenvalue weighted by molar-refractivity contribution is 0.0854. The molecule has 0 aromatic carbocycles. The highest BCUT2D eigenvalue weighted by Gasteiger charge is 2.38. The summed E-state index contributed by atoms with van der Waals surface area (Å²) in [7, 11) is 1.69. The lowest BCUT2D eigenvalue weighted by Crippen LogP contribution is -2.37. The Hall–Kier alpha value is -0.940. The van der Waals surface area contributed by atoms with Crippen LogP contribution in [0.5, 0.6) is 0 Å². The summed E-state index contributed by atoms with van der Waals surface area (Å²) in [6.07, 6.45) is 7.64. The summed E-state index contributed by atoms with van der Waals surface area (Å²) >= 11 is 0. The molecule has 19 heavy (non-hydrogen) atoms. The third-order valence-corrected chi connectivity index (χ3v) is 4.22. The molecule has 5 heteroatoms. The first-order chi connectivity index (χ1) is 9.25. The van der Waals surface area contributed by atoms with Gasteiger partial charge in [-0.2, -0.15) is 4.98 Å². The maximum absolute atomic E-state index is 5.99. The molecule has 1 atom stereocenters. The molecule has 2 N–H and O–H groups in total. The predicted molar refractivity (Wildman–Crippen MR) is 72.8 cm³/mol. The molecule has 1 fully saturated rings. The summed E-state index contributed by atoms with van der Waals surface area (Å²) in [4.78, 5) is 4.58. The van der Waals surface area contributed by atoms with E-state index in [1.807, 2.05) is 0 Å². The Balaban J connectivity index is 2.18. The quantitative estimate of drug-likeness (QED) is 0.857. The molecule has 1 heterocycles. The smallest absolute Gasteiger partial charge is 0.234 e. The molecule has 0 spiro atoms. The minimum Gasteiger partial charge on any atom is -0.373 e. The van der Waals surface area contributed by atoms with E-state index in [-0.39, 0.29) is 11.5 Å². The van der Waals surface area contributed by atoms with E-state index in [0.29, 0.717) is 18.3 Å². The van der Waals surface area contributed by atoms with Crippen LogP contribution in [0, 0.1) is 0 Å². The number of aromatic nitrogens is 2. The van der Waals surface area contributed by atoms with Crippen molar-refractivity contribution < 1.29 is 9.26 Å². The fraction of sp³-hybridized carbons (Fsp3) is 0.857. The lowest BCUT2D eigenvalue weighted by Gasteiger charge is -2.32. The van der Waals surface area contributed by atoms with Gasteiger partial charge in [0.25, 0.3) is 0 Å². The van der Waals surface area contributed by atoms with E-state index in [0.717, 1.165) is 25.7 Å². The zero-order valence-corrected chi connectivity index (χ0v) is 12.0. The topological polar surface area (TPSA) is 74.2 Å². The van der Waals surface area contributed by atoms with Crippen LogP contribution in [0.25, 0.3) is 0 Å². The maximum Gasteiger partial charge on any atom is 0.234 e. The van der Waals surface area contributed by atoms with Crippen molar-refractivity contribution in [1.82, 2.24) is 10.1 Å². The van der Waals surface area contributed by atoms with Crippen molar-refractivity contribution in [3.8, 4) is 0 Å². The van der Waals surface area contributed by atoms with E-state index >= 15 is 0 Å². The van der Waals surface area contributed by atoms with Gasteiger partial charge in [-0.3, -0.25) is 0 Å². The lowest BCUT2D eigenvalue weighted by atomic mass is 9.74. The molecule has 5 nitrogen and oxygen atoms in total. The Morgan fingerprint density at radius 2 is 2.11 bits per heavy atom. The Kier molecular flexibility index (Phi) is 4.93. The van der Waals surface area contributed by atoms with Crippen LogP contribution in [0.3, 0.4) is 0 Å². The van der Waals surface area contributed by atoms with Gasteiger partial charge in [0, 0.05) is 13.7 Å². The number of nitrogens with two attached hydrogens (primary N) is 1. The molecule has 1 aromatic rings. The van der Waals surface area contributed by atoms with E-state index in [1.54, 1.807) is 7.11 Å². The first-order valence-corrected chi connectivity index (χ1v) is 7.32. The Bertz CT molecular complexity index is 386. The van der Waals surface area contributed by atoms with E-state index in [1.165, 1.54) is 19.3 Å². The molecule has 2 rings (SSSR count). The molecule has 0 saturated heterocycles. The number of methoxy groups -OCH3 is 1. The van der Waals surface area contributed by atoms with Crippen molar-refractivity contribution >= 4 is 0 Å². The molecular formula is C14H25N3O2. The summed E-state index contributed by atoms with van der Waals surface area (Å²) in [5.41, 5.74) is 5.88. The molecule has 1 aliphatic carbocycles. The largest absolute Gasteiger partial charge is 0.373 e. The van der Waals surface area contributed by atoms with Crippen molar-refractivity contribution in [3.63, 3.8) is 0 Å². The maximum atomic E-state index is 5.99. The minimum atomic E-state index is -0.103. The Morgan fingerprint density at radius 3 is 2.68 bits per heavy atom. The number of nitrogens with zero attached hydrogens (tertiary/aromatic N) is 2. The van der Waals surface area contributed by atoms with Crippen molar-refractivity contribution in [3.05, 3.63) is 11.7 Å². The predicted octanol–water partition coefficient (Wildman–Crippen LogP) is 2.72. The Labute approximate surface area is 114 Å². The van der Waals surface area contributed by atoms with Gasteiger partial charge in [0.15, 0.2) is 0 Å². The highest BCUT2D eigenvalue weighted by atomic mass is 16.5. The minimum absolute atomic E-state index is 0.0686. The van der Waals surface area contributed by atoms with Gasteiger partial charge >= 0.3 is 0 Å². The summed E-state index contributed by atoms with van der Waals surface area (Å²) < 4.78 is 10.9. The Morgan fingerprint density at radius 1 is 1.37 bits per heavy atom. The third kappa shape index (κ3) is 2.98. The molecule has 1 saturated carbocycles. The van der Waals surface area contributed by atoms with Crippen molar-refractivity contribution in [2.45, 2.75) is 63.4 Å². The molecule has 0 amide bonds. The van der Waals surface area contributed by atoms with Crippen molar-refractivity contribution in [2.24, 2.45) is 5.73 Å².